The van der Waals surface area contributed by atoms with Gasteiger partial charge in [-0.15, -0.1) is 0 Å². The number of likely N-dealkylation sites (N-methyl/N-ethyl adjacent to an activating group) is 1. The number of fused-ring (bicyclic) bond motifs is 1. The maximum absolute atomic E-state index is 13.2. The van der Waals surface area contributed by atoms with Crippen LogP contribution in [0, 0.1) is 0 Å². The van der Waals surface area contributed by atoms with Gasteiger partial charge < -0.3 is 24.3 Å². The third kappa shape index (κ3) is 4.16. The molecule has 0 aliphatic carbocycles. The van der Waals surface area contributed by atoms with Gasteiger partial charge in [0.05, 0.1) is 13.5 Å². The number of hydrogen-bond donors (Lipinski definition) is 1. The number of benzene rings is 2. The van der Waals surface area contributed by atoms with Gasteiger partial charge in [0.15, 0.2) is 0 Å². The molecule has 7 heteroatoms. The van der Waals surface area contributed by atoms with E-state index >= 15 is 0 Å². The highest BCUT2D eigenvalue weighted by molar-refractivity contribution is 6.11. The number of rotatable bonds is 5. The van der Waals surface area contributed by atoms with Crippen molar-refractivity contribution in [2.24, 2.45) is 0 Å². The molecule has 156 valence electrons. The minimum Gasteiger partial charge on any atom is -0.497 e. The molecular weight excluding hydrogens is 382 g/mol. The Labute approximate surface area is 175 Å². The molecule has 0 unspecified atom stereocenters. The highest BCUT2D eigenvalue weighted by Crippen LogP contribution is 2.32. The van der Waals surface area contributed by atoms with E-state index in [-0.39, 0.29) is 24.0 Å². The van der Waals surface area contributed by atoms with Crippen LogP contribution in [0.15, 0.2) is 52.9 Å². The molecule has 0 radical (unpaired) electrons. The molecule has 7 nitrogen and oxygen atoms in total. The Morgan fingerprint density at radius 2 is 1.73 bits per heavy atom. The van der Waals surface area contributed by atoms with Gasteiger partial charge in [-0.3, -0.25) is 9.59 Å². The molecule has 1 aliphatic rings. The number of amides is 2. The Morgan fingerprint density at radius 1 is 1.03 bits per heavy atom. The average Bonchev–Trinajstić information content (AvgIpc) is 3.12. The zero-order valence-corrected chi connectivity index (χ0v) is 17.2. The molecule has 2 amide bonds. The predicted octanol–water partition coefficient (Wildman–Crippen LogP) is 3.01. The monoisotopic (exact) mass is 407 g/mol. The quantitative estimate of drug-likeness (QED) is 0.704. The molecule has 1 N–H and O–H groups in total. The summed E-state index contributed by atoms with van der Waals surface area (Å²) >= 11 is 0. The fourth-order valence-corrected chi connectivity index (χ4v) is 3.59. The first-order valence-electron chi connectivity index (χ1n) is 9.97. The number of ether oxygens (including phenoxy) is 1. The molecule has 3 aromatic rings. The Balaban J connectivity index is 1.58. The van der Waals surface area contributed by atoms with Gasteiger partial charge in [-0.25, -0.2) is 0 Å². The highest BCUT2D eigenvalue weighted by Gasteiger charge is 2.28. The number of piperazine rings is 1. The van der Waals surface area contributed by atoms with E-state index in [9.17, 15) is 9.59 Å². The molecule has 1 aromatic heterocycles. The number of furan rings is 1. The van der Waals surface area contributed by atoms with Crippen molar-refractivity contribution >= 4 is 28.5 Å². The summed E-state index contributed by atoms with van der Waals surface area (Å²) in [5, 5.41) is 3.64. The minimum atomic E-state index is -0.209. The van der Waals surface area contributed by atoms with Crippen molar-refractivity contribution in [2.75, 3.05) is 45.7 Å². The summed E-state index contributed by atoms with van der Waals surface area (Å²) < 4.78 is 11.0. The van der Waals surface area contributed by atoms with Crippen molar-refractivity contribution in [3.8, 4) is 5.75 Å². The molecular formula is C23H25N3O4. The average molecular weight is 407 g/mol. The third-order valence-corrected chi connectivity index (χ3v) is 5.37. The number of para-hydroxylation sites is 1. The Hall–Kier alpha value is -3.32. The molecule has 1 saturated heterocycles. The standard InChI is InChI=1S/C23H25N3O4/c1-25-11-13-26(14-12-25)23(28)22-21(18-5-3-4-6-19(18)30-22)24-20(27)15-16-7-9-17(29-2)10-8-16/h3-10H,11-15H2,1-2H3,(H,24,27). The van der Waals surface area contributed by atoms with Gasteiger partial charge in [0.2, 0.25) is 11.7 Å². The van der Waals surface area contributed by atoms with Crippen LogP contribution in [0.1, 0.15) is 16.1 Å². The van der Waals surface area contributed by atoms with Crippen molar-refractivity contribution in [1.29, 1.82) is 0 Å². The second-order valence-corrected chi connectivity index (χ2v) is 7.47. The van der Waals surface area contributed by atoms with Crippen LogP contribution < -0.4 is 10.1 Å². The molecule has 0 atom stereocenters. The van der Waals surface area contributed by atoms with E-state index < -0.39 is 0 Å². The van der Waals surface area contributed by atoms with Gasteiger partial charge in [0.1, 0.15) is 17.0 Å². The van der Waals surface area contributed by atoms with Crippen LogP contribution in [0.4, 0.5) is 5.69 Å². The first-order chi connectivity index (χ1) is 14.5. The Morgan fingerprint density at radius 3 is 2.43 bits per heavy atom. The lowest BCUT2D eigenvalue weighted by Crippen LogP contribution is -2.47. The van der Waals surface area contributed by atoms with E-state index in [4.69, 9.17) is 9.15 Å². The van der Waals surface area contributed by atoms with Crippen LogP contribution >= 0.6 is 0 Å². The first kappa shape index (κ1) is 20.0. The van der Waals surface area contributed by atoms with E-state index in [1.165, 1.54) is 0 Å². The summed E-state index contributed by atoms with van der Waals surface area (Å²) in [6.45, 7) is 2.88. The van der Waals surface area contributed by atoms with Gasteiger partial charge in [0.25, 0.3) is 5.91 Å². The van der Waals surface area contributed by atoms with E-state index in [0.717, 1.165) is 29.8 Å². The van der Waals surface area contributed by atoms with Crippen LogP contribution in [0.5, 0.6) is 5.75 Å². The third-order valence-electron chi connectivity index (χ3n) is 5.37. The van der Waals surface area contributed by atoms with Crippen molar-refractivity contribution in [1.82, 2.24) is 9.80 Å². The SMILES string of the molecule is COc1ccc(CC(=O)Nc2c(C(=O)N3CCN(C)CC3)oc3ccccc23)cc1. The fraction of sp³-hybridized carbons (Fsp3) is 0.304. The highest BCUT2D eigenvalue weighted by atomic mass is 16.5. The molecule has 0 saturated carbocycles. The number of carbonyl (C=O) groups is 2. The lowest BCUT2D eigenvalue weighted by atomic mass is 10.1. The maximum Gasteiger partial charge on any atom is 0.291 e. The number of methoxy groups -OCH3 is 1. The van der Waals surface area contributed by atoms with Crippen molar-refractivity contribution < 1.29 is 18.7 Å². The topological polar surface area (TPSA) is 75.0 Å². The second kappa shape index (κ2) is 8.59. The molecule has 1 aliphatic heterocycles. The van der Waals surface area contributed by atoms with E-state index in [0.29, 0.717) is 24.4 Å². The zero-order chi connectivity index (χ0) is 21.1. The van der Waals surface area contributed by atoms with Crippen LogP contribution in [0.3, 0.4) is 0 Å². The van der Waals surface area contributed by atoms with Crippen molar-refractivity contribution in [3.05, 3.63) is 59.9 Å². The van der Waals surface area contributed by atoms with Crippen molar-refractivity contribution in [3.63, 3.8) is 0 Å². The molecule has 2 aromatic carbocycles. The molecule has 0 bridgehead atoms. The second-order valence-electron chi connectivity index (χ2n) is 7.47. The summed E-state index contributed by atoms with van der Waals surface area (Å²) in [7, 11) is 3.64. The lowest BCUT2D eigenvalue weighted by Gasteiger charge is -2.32. The number of nitrogens with one attached hydrogen (secondary N) is 1. The maximum atomic E-state index is 13.2. The van der Waals surface area contributed by atoms with Crippen LogP contribution in [-0.4, -0.2) is 62.0 Å². The largest absolute Gasteiger partial charge is 0.497 e. The molecule has 2 heterocycles. The van der Waals surface area contributed by atoms with Crippen LogP contribution in [0.25, 0.3) is 11.0 Å². The summed E-state index contributed by atoms with van der Waals surface area (Å²) in [5.41, 5.74) is 1.87. The fourth-order valence-electron chi connectivity index (χ4n) is 3.59. The molecule has 30 heavy (non-hydrogen) atoms. The van der Waals surface area contributed by atoms with Gasteiger partial charge in [0, 0.05) is 31.6 Å². The first-order valence-corrected chi connectivity index (χ1v) is 9.97. The zero-order valence-electron chi connectivity index (χ0n) is 17.2. The number of nitrogens with zero attached hydrogens (tertiary/aromatic N) is 2. The number of carbonyl (C=O) groups excluding carboxylic acids is 2. The van der Waals surface area contributed by atoms with E-state index in [1.807, 2.05) is 49.5 Å². The van der Waals surface area contributed by atoms with Gasteiger partial charge in [-0.1, -0.05) is 24.3 Å². The summed E-state index contributed by atoms with van der Waals surface area (Å²) in [4.78, 5) is 29.9. The smallest absolute Gasteiger partial charge is 0.291 e. The van der Waals surface area contributed by atoms with Crippen molar-refractivity contribution in [2.45, 2.75) is 6.42 Å². The minimum absolute atomic E-state index is 0.184. The molecule has 4 rings (SSSR count). The summed E-state index contributed by atoms with van der Waals surface area (Å²) in [6, 6.07) is 14.7. The summed E-state index contributed by atoms with van der Waals surface area (Å²) in [5.74, 6) is 0.516. The predicted molar refractivity (Wildman–Crippen MR) is 115 cm³/mol. The van der Waals surface area contributed by atoms with Crippen LogP contribution in [-0.2, 0) is 11.2 Å². The van der Waals surface area contributed by atoms with Gasteiger partial charge in [-0.2, -0.15) is 0 Å². The lowest BCUT2D eigenvalue weighted by molar-refractivity contribution is -0.115. The molecule has 0 spiro atoms. The molecule has 1 fully saturated rings. The normalized spacial score (nSPS) is 14.7. The van der Waals surface area contributed by atoms with E-state index in [1.54, 1.807) is 18.1 Å². The van der Waals surface area contributed by atoms with Crippen LogP contribution in [0.2, 0.25) is 0 Å². The Kier molecular flexibility index (Phi) is 5.72. The number of anilines is 1. The Bertz CT molecular complexity index is 1050. The summed E-state index contributed by atoms with van der Waals surface area (Å²) in [6.07, 6.45) is 0.186. The number of hydrogen-bond acceptors (Lipinski definition) is 5. The van der Waals surface area contributed by atoms with Gasteiger partial charge in [-0.05, 0) is 36.9 Å². The van der Waals surface area contributed by atoms with E-state index in [2.05, 4.69) is 10.2 Å². The van der Waals surface area contributed by atoms with Gasteiger partial charge >= 0.3 is 0 Å².